The van der Waals surface area contributed by atoms with Gasteiger partial charge in [0.15, 0.2) is 0 Å². The maximum absolute atomic E-state index is 12.2. The summed E-state index contributed by atoms with van der Waals surface area (Å²) in [6.07, 6.45) is -0.531. The summed E-state index contributed by atoms with van der Waals surface area (Å²) in [6.45, 7) is 0.357. The van der Waals surface area contributed by atoms with Crippen LogP contribution < -0.4 is 10.6 Å². The van der Waals surface area contributed by atoms with Crippen LogP contribution in [-0.4, -0.2) is 19.1 Å². The lowest BCUT2D eigenvalue weighted by Gasteiger charge is -2.08. The van der Waals surface area contributed by atoms with Crippen LogP contribution in [0.1, 0.15) is 15.9 Å². The van der Waals surface area contributed by atoms with Gasteiger partial charge in [0.2, 0.25) is 0 Å². The highest BCUT2D eigenvalue weighted by Gasteiger charge is 2.10. The lowest BCUT2D eigenvalue weighted by molar-refractivity contribution is 0.0950. The average Bonchev–Trinajstić information content (AvgIpc) is 2.56. The number of anilines is 1. The molecular weight excluding hydrogens is 384 g/mol. The molecule has 0 saturated carbocycles. The van der Waals surface area contributed by atoms with E-state index in [4.69, 9.17) is 11.6 Å². The normalized spacial score (nSPS) is 10.0. The van der Waals surface area contributed by atoms with Crippen LogP contribution in [0.5, 0.6) is 0 Å². The standard InChI is InChI=1S/C16H14BrClN2O3/c1-23-16(22)20-12-5-2-10(3-6-12)9-19-15(21)13-8-11(18)4-7-14(13)17/h2-8H,9H2,1H3,(H,19,21)(H,20,22). The van der Waals surface area contributed by atoms with Crippen molar-refractivity contribution in [2.75, 3.05) is 12.4 Å². The molecule has 0 aliphatic heterocycles. The second kappa shape index (κ2) is 7.99. The number of ether oxygens (including phenoxy) is 1. The van der Waals surface area contributed by atoms with Crippen LogP contribution in [0.15, 0.2) is 46.9 Å². The molecule has 23 heavy (non-hydrogen) atoms. The predicted molar refractivity (Wildman–Crippen MR) is 92.8 cm³/mol. The number of carbonyl (C=O) groups excluding carboxylic acids is 2. The molecule has 2 amide bonds. The fourth-order valence-electron chi connectivity index (χ4n) is 1.82. The number of rotatable bonds is 4. The highest BCUT2D eigenvalue weighted by atomic mass is 79.9. The van der Waals surface area contributed by atoms with E-state index in [1.54, 1.807) is 42.5 Å². The van der Waals surface area contributed by atoms with Crippen LogP contribution in [-0.2, 0) is 11.3 Å². The van der Waals surface area contributed by atoms with Crippen LogP contribution >= 0.6 is 27.5 Å². The molecule has 5 nitrogen and oxygen atoms in total. The Balaban J connectivity index is 1.96. The highest BCUT2D eigenvalue weighted by Crippen LogP contribution is 2.21. The fraction of sp³-hybridized carbons (Fsp3) is 0.125. The van der Waals surface area contributed by atoms with E-state index in [9.17, 15) is 9.59 Å². The Hall–Kier alpha value is -2.05. The maximum atomic E-state index is 12.2. The van der Waals surface area contributed by atoms with E-state index in [1.165, 1.54) is 7.11 Å². The van der Waals surface area contributed by atoms with Crippen molar-refractivity contribution < 1.29 is 14.3 Å². The third-order valence-electron chi connectivity index (χ3n) is 3.01. The van der Waals surface area contributed by atoms with Crippen molar-refractivity contribution in [3.8, 4) is 0 Å². The highest BCUT2D eigenvalue weighted by molar-refractivity contribution is 9.10. The zero-order valence-corrected chi connectivity index (χ0v) is 14.6. The number of amides is 2. The first-order chi connectivity index (χ1) is 11.0. The zero-order valence-electron chi connectivity index (χ0n) is 12.2. The average molecular weight is 398 g/mol. The summed E-state index contributed by atoms with van der Waals surface area (Å²) in [5.74, 6) is -0.226. The monoisotopic (exact) mass is 396 g/mol. The summed E-state index contributed by atoms with van der Waals surface area (Å²) in [4.78, 5) is 23.3. The van der Waals surface area contributed by atoms with Crippen molar-refractivity contribution in [3.63, 3.8) is 0 Å². The molecule has 0 atom stereocenters. The molecule has 2 aromatic carbocycles. The maximum Gasteiger partial charge on any atom is 0.411 e. The van der Waals surface area contributed by atoms with Crippen molar-refractivity contribution in [2.45, 2.75) is 6.54 Å². The molecule has 0 aromatic heterocycles. The Bertz CT molecular complexity index is 720. The Morgan fingerprint density at radius 2 is 1.87 bits per heavy atom. The van der Waals surface area contributed by atoms with Gasteiger partial charge in [0.1, 0.15) is 0 Å². The number of benzene rings is 2. The molecule has 0 aliphatic carbocycles. The van der Waals surface area contributed by atoms with E-state index in [1.807, 2.05) is 0 Å². The van der Waals surface area contributed by atoms with Gasteiger partial charge in [0.25, 0.3) is 5.91 Å². The molecule has 2 rings (SSSR count). The van der Waals surface area contributed by atoms with E-state index >= 15 is 0 Å². The molecule has 0 heterocycles. The van der Waals surface area contributed by atoms with Crippen LogP contribution in [0.25, 0.3) is 0 Å². The van der Waals surface area contributed by atoms with Crippen molar-refractivity contribution in [3.05, 3.63) is 63.1 Å². The molecule has 120 valence electrons. The Labute approximate surface area is 147 Å². The van der Waals surface area contributed by atoms with Gasteiger partial charge in [-0.3, -0.25) is 10.1 Å². The first-order valence-electron chi connectivity index (χ1n) is 6.67. The lowest BCUT2D eigenvalue weighted by atomic mass is 10.2. The van der Waals surface area contributed by atoms with Crippen molar-refractivity contribution >= 4 is 45.2 Å². The van der Waals surface area contributed by atoms with Gasteiger partial charge < -0.3 is 10.1 Å². The summed E-state index contributed by atoms with van der Waals surface area (Å²) in [5, 5.41) is 5.87. The molecule has 0 bridgehead atoms. The minimum Gasteiger partial charge on any atom is -0.453 e. The third-order valence-corrected chi connectivity index (χ3v) is 3.94. The third kappa shape index (κ3) is 4.97. The number of nitrogens with one attached hydrogen (secondary N) is 2. The van der Waals surface area contributed by atoms with Crippen molar-refractivity contribution in [1.29, 1.82) is 0 Å². The van der Waals surface area contributed by atoms with E-state index in [0.717, 1.165) is 5.56 Å². The summed E-state index contributed by atoms with van der Waals surface area (Å²) in [5.41, 5.74) is 1.98. The second-order valence-corrected chi connectivity index (χ2v) is 5.91. The molecule has 0 radical (unpaired) electrons. The molecule has 0 aliphatic rings. The minimum atomic E-state index is -0.531. The fourth-order valence-corrected chi connectivity index (χ4v) is 2.42. The van der Waals surface area contributed by atoms with Gasteiger partial charge in [-0.1, -0.05) is 23.7 Å². The van der Waals surface area contributed by atoms with Gasteiger partial charge in [0, 0.05) is 21.7 Å². The first kappa shape index (κ1) is 17.3. The van der Waals surface area contributed by atoms with Gasteiger partial charge in [-0.25, -0.2) is 4.79 Å². The van der Waals surface area contributed by atoms with Gasteiger partial charge in [-0.15, -0.1) is 0 Å². The van der Waals surface area contributed by atoms with E-state index in [0.29, 0.717) is 27.3 Å². The SMILES string of the molecule is COC(=O)Nc1ccc(CNC(=O)c2cc(Cl)ccc2Br)cc1. The van der Waals surface area contributed by atoms with Crippen LogP contribution in [0.4, 0.5) is 10.5 Å². The summed E-state index contributed by atoms with van der Waals surface area (Å²) in [7, 11) is 1.30. The Morgan fingerprint density at radius 3 is 2.52 bits per heavy atom. The quantitative estimate of drug-likeness (QED) is 0.812. The molecule has 7 heteroatoms. The molecule has 2 N–H and O–H groups in total. The predicted octanol–water partition coefficient (Wildman–Crippen LogP) is 4.21. The largest absolute Gasteiger partial charge is 0.453 e. The smallest absolute Gasteiger partial charge is 0.411 e. The molecule has 0 fully saturated rings. The summed E-state index contributed by atoms with van der Waals surface area (Å²) in [6, 6.07) is 12.1. The number of halogens is 2. The van der Waals surface area contributed by atoms with Crippen molar-refractivity contribution in [1.82, 2.24) is 5.32 Å². The molecule has 0 spiro atoms. The summed E-state index contributed by atoms with van der Waals surface area (Å²) < 4.78 is 5.19. The van der Waals surface area contributed by atoms with E-state index in [-0.39, 0.29) is 5.91 Å². The molecule has 0 saturated heterocycles. The minimum absolute atomic E-state index is 0.226. The Morgan fingerprint density at radius 1 is 1.17 bits per heavy atom. The molecule has 2 aromatic rings. The van der Waals surface area contributed by atoms with Gasteiger partial charge in [0.05, 0.1) is 12.7 Å². The zero-order chi connectivity index (χ0) is 16.8. The number of hydrogen-bond donors (Lipinski definition) is 2. The number of methoxy groups -OCH3 is 1. The van der Waals surface area contributed by atoms with E-state index < -0.39 is 6.09 Å². The number of carbonyl (C=O) groups is 2. The van der Waals surface area contributed by atoms with Crippen LogP contribution in [0, 0.1) is 0 Å². The topological polar surface area (TPSA) is 67.4 Å². The second-order valence-electron chi connectivity index (χ2n) is 4.62. The van der Waals surface area contributed by atoms with Gasteiger partial charge in [-0.05, 0) is 51.8 Å². The van der Waals surface area contributed by atoms with Crippen molar-refractivity contribution in [2.24, 2.45) is 0 Å². The Kier molecular flexibility index (Phi) is 6.01. The van der Waals surface area contributed by atoms with Crippen LogP contribution in [0.2, 0.25) is 5.02 Å². The van der Waals surface area contributed by atoms with Gasteiger partial charge in [-0.2, -0.15) is 0 Å². The molecular formula is C16H14BrClN2O3. The first-order valence-corrected chi connectivity index (χ1v) is 7.84. The summed E-state index contributed by atoms with van der Waals surface area (Å²) >= 11 is 9.23. The van der Waals surface area contributed by atoms with Gasteiger partial charge >= 0.3 is 6.09 Å². The number of hydrogen-bond acceptors (Lipinski definition) is 3. The van der Waals surface area contributed by atoms with E-state index in [2.05, 4.69) is 31.3 Å². The molecule has 0 unspecified atom stereocenters. The lowest BCUT2D eigenvalue weighted by Crippen LogP contribution is -2.23. The van der Waals surface area contributed by atoms with Crippen LogP contribution in [0.3, 0.4) is 0 Å².